The van der Waals surface area contributed by atoms with Gasteiger partial charge >= 0.3 is 137 Å². The SMILES string of the molecule is Cc1cc2[cH-]c3cc(C)c(C(C)(C)C)cc3c2cc1C(C)(C)C.FC(F)(F)c1ccc([C](=[Zr+2])c2ccc(C(F)(F)F)cc2)cc1.[C-]1=CC=CC1.[Cl-].[Cl-]. The number of halogens is 8. The molecule has 5 aromatic carbocycles. The van der Waals surface area contributed by atoms with Crippen molar-refractivity contribution < 1.29 is 75.4 Å². The first-order valence-corrected chi connectivity index (χ1v) is 17.6. The molecule has 5 aromatic rings. The van der Waals surface area contributed by atoms with Crippen LogP contribution in [-0.4, -0.2) is 3.21 Å². The van der Waals surface area contributed by atoms with Crippen molar-refractivity contribution in [2.45, 2.75) is 85.0 Å². The van der Waals surface area contributed by atoms with Crippen LogP contribution in [0.15, 0.2) is 97.1 Å². The minimum absolute atomic E-state index is 0. The molecule has 0 amide bonds. The molecule has 0 aliphatic heterocycles. The van der Waals surface area contributed by atoms with Gasteiger partial charge in [-0.25, -0.2) is 12.2 Å². The summed E-state index contributed by atoms with van der Waals surface area (Å²) in [6, 6.07) is 21.1. The molecule has 0 aromatic heterocycles. The number of hydrogen-bond acceptors (Lipinski definition) is 0. The topological polar surface area (TPSA) is 0 Å². The van der Waals surface area contributed by atoms with Crippen molar-refractivity contribution in [2.75, 3.05) is 0 Å². The summed E-state index contributed by atoms with van der Waals surface area (Å²) >= 11 is 0.898. The third kappa shape index (κ3) is 11.3. The fraction of sp³-hybridized carbons (Fsp3) is 0.302. The molecule has 0 heterocycles. The van der Waals surface area contributed by atoms with Gasteiger partial charge in [-0.2, -0.15) is 6.08 Å². The molecule has 0 unspecified atom stereocenters. The van der Waals surface area contributed by atoms with E-state index in [1.54, 1.807) is 0 Å². The van der Waals surface area contributed by atoms with Crippen LogP contribution in [0, 0.1) is 19.9 Å². The average Bonchev–Trinajstić information content (AvgIpc) is 3.70. The molecule has 0 N–H and O–H groups in total. The molecule has 1 aliphatic carbocycles. The first kappa shape index (κ1) is 45.3. The minimum atomic E-state index is -4.41. The van der Waals surface area contributed by atoms with E-state index in [9.17, 15) is 26.3 Å². The summed E-state index contributed by atoms with van der Waals surface area (Å²) in [5.41, 5.74) is 5.67. The van der Waals surface area contributed by atoms with Crippen LogP contribution in [-0.2, 0) is 47.4 Å². The third-order valence-electron chi connectivity index (χ3n) is 8.60. The van der Waals surface area contributed by atoms with Crippen molar-refractivity contribution in [1.29, 1.82) is 0 Å². The molecule has 0 nitrogen and oxygen atoms in total. The van der Waals surface area contributed by atoms with Crippen molar-refractivity contribution in [2.24, 2.45) is 0 Å². The molecule has 1 aliphatic rings. The molecule has 0 saturated heterocycles. The molecular weight excluding hydrogens is 793 g/mol. The maximum atomic E-state index is 12.5. The van der Waals surface area contributed by atoms with E-state index in [1.165, 1.54) is 68.1 Å². The molecule has 0 spiro atoms. The Labute approximate surface area is 330 Å². The van der Waals surface area contributed by atoms with E-state index in [1.807, 2.05) is 12.2 Å². The number of alkyl halides is 6. The van der Waals surface area contributed by atoms with Crippen LogP contribution in [0.3, 0.4) is 0 Å². The van der Waals surface area contributed by atoms with Crippen LogP contribution >= 0.6 is 0 Å². The van der Waals surface area contributed by atoms with Crippen LogP contribution in [0.4, 0.5) is 26.3 Å². The molecule has 9 heteroatoms. The zero-order chi connectivity index (χ0) is 37.2. The van der Waals surface area contributed by atoms with E-state index in [2.05, 4.69) is 97.9 Å². The first-order chi connectivity index (χ1) is 23.1. The Kier molecular flexibility index (Phi) is 15.3. The monoisotopic (exact) mass is 832 g/mol. The van der Waals surface area contributed by atoms with Crippen molar-refractivity contribution in [3.8, 4) is 0 Å². The average molecular weight is 835 g/mol. The second-order valence-electron chi connectivity index (χ2n) is 14.7. The third-order valence-corrected chi connectivity index (χ3v) is 10.0. The summed E-state index contributed by atoms with van der Waals surface area (Å²) in [5.74, 6) is 0. The van der Waals surface area contributed by atoms with Crippen LogP contribution in [0.5, 0.6) is 0 Å². The molecule has 0 radical (unpaired) electrons. The van der Waals surface area contributed by atoms with Gasteiger partial charge in [0.05, 0.1) is 0 Å². The second kappa shape index (κ2) is 17.5. The van der Waals surface area contributed by atoms with Crippen LogP contribution in [0.2, 0.25) is 0 Å². The Balaban J connectivity index is 0.000000307. The number of aryl methyl sites for hydroxylation is 2. The quantitative estimate of drug-likeness (QED) is 0.132. The molecule has 6 rings (SSSR count). The van der Waals surface area contributed by atoms with Gasteiger partial charge in [0, 0.05) is 0 Å². The summed E-state index contributed by atoms with van der Waals surface area (Å²) in [5, 5.41) is 5.55. The maximum absolute atomic E-state index is 12.5. The van der Waals surface area contributed by atoms with Gasteiger partial charge in [0.15, 0.2) is 0 Å². The van der Waals surface area contributed by atoms with Crippen LogP contribution < -0.4 is 24.8 Å². The van der Waals surface area contributed by atoms with Gasteiger partial charge in [0.2, 0.25) is 0 Å². The zero-order valence-electron chi connectivity index (χ0n) is 30.5. The molecular formula is C43H42Cl2F6Zr-2. The first-order valence-electron chi connectivity index (χ1n) is 16.4. The Morgan fingerprint density at radius 3 is 1.23 bits per heavy atom. The summed E-state index contributed by atoms with van der Waals surface area (Å²) in [7, 11) is 0. The molecule has 0 atom stereocenters. The van der Waals surface area contributed by atoms with Crippen molar-refractivity contribution in [3.05, 3.63) is 148 Å². The largest absolute Gasteiger partial charge is 1.00 e. The summed E-state index contributed by atoms with van der Waals surface area (Å²) in [6.07, 6.45) is 1.18. The number of fused-ring (bicyclic) bond motifs is 3. The molecule has 0 fully saturated rings. The van der Waals surface area contributed by atoms with E-state index >= 15 is 0 Å². The van der Waals surface area contributed by atoms with Gasteiger partial charge in [0.1, 0.15) is 0 Å². The predicted molar refractivity (Wildman–Crippen MR) is 192 cm³/mol. The minimum Gasteiger partial charge on any atom is -1.00 e. The molecule has 276 valence electrons. The molecule has 52 heavy (non-hydrogen) atoms. The zero-order valence-corrected chi connectivity index (χ0v) is 34.4. The Hall–Kier alpha value is -2.86. The van der Waals surface area contributed by atoms with E-state index in [-0.39, 0.29) is 35.6 Å². The smallest absolute Gasteiger partial charge is 0.109 e. The second-order valence-corrected chi connectivity index (χ2v) is 15.9. The summed E-state index contributed by atoms with van der Waals surface area (Å²) < 4.78 is 75.6. The van der Waals surface area contributed by atoms with E-state index < -0.39 is 23.5 Å². The summed E-state index contributed by atoms with van der Waals surface area (Å²) in [6.45, 7) is 18.3. The fourth-order valence-electron chi connectivity index (χ4n) is 6.11. The Morgan fingerprint density at radius 1 is 0.615 bits per heavy atom. The van der Waals surface area contributed by atoms with Crippen LogP contribution in [0.1, 0.15) is 92.5 Å². The fourth-order valence-corrected chi connectivity index (χ4v) is 6.93. The molecule has 0 bridgehead atoms. The van der Waals surface area contributed by atoms with E-state index in [0.29, 0.717) is 14.3 Å². The number of benzene rings is 4. The van der Waals surface area contributed by atoms with Crippen molar-refractivity contribution in [1.82, 2.24) is 0 Å². The number of allylic oxidation sites excluding steroid dienone is 4. The van der Waals surface area contributed by atoms with E-state index in [4.69, 9.17) is 0 Å². The van der Waals surface area contributed by atoms with E-state index in [0.717, 1.165) is 54.9 Å². The van der Waals surface area contributed by atoms with Crippen LogP contribution in [0.25, 0.3) is 21.5 Å². The van der Waals surface area contributed by atoms with Gasteiger partial charge in [-0.3, -0.25) is 6.08 Å². The Morgan fingerprint density at radius 2 is 0.981 bits per heavy atom. The van der Waals surface area contributed by atoms with Crippen molar-refractivity contribution >= 4 is 24.8 Å². The van der Waals surface area contributed by atoms with Crippen molar-refractivity contribution in [3.63, 3.8) is 0 Å². The summed E-state index contributed by atoms with van der Waals surface area (Å²) in [4.78, 5) is 0. The van der Waals surface area contributed by atoms with Gasteiger partial charge in [-0.05, 0) is 24.7 Å². The van der Waals surface area contributed by atoms with Gasteiger partial charge < -0.3 is 24.8 Å². The normalized spacial score (nSPS) is 12.8. The maximum Gasteiger partial charge on any atom is -0.109 e. The van der Waals surface area contributed by atoms with Gasteiger partial charge in [-0.1, -0.05) is 75.9 Å². The molecule has 0 saturated carbocycles. The standard InChI is InChI=1S/C23H29.C15H8F6.C5H5.2ClH.Zr/c1-14-9-16-11-17-10-15(2)21(23(6,7)8)13-19(17)18(16)12-20(14)22(3,4)5;16-14(17,18)12-5-1-10(2-6-12)9-11-3-7-13(8-4-11)15(19,20)21;1-2-4-5-3-1;;;/h9-13H,1-8H3;1-8H;1-3H,4H2;2*1H;/q-1;;-1;;;+2/p-2. The van der Waals surface area contributed by atoms with Gasteiger partial charge in [0.25, 0.3) is 0 Å². The predicted octanol–water partition coefficient (Wildman–Crippen LogP) is 7.08. The number of hydrogen-bond donors (Lipinski definition) is 0. The Bertz CT molecular complexity index is 1890. The van der Waals surface area contributed by atoms with Gasteiger partial charge in [-0.15, -0.1) is 46.2 Å². The number of rotatable bonds is 2.